The van der Waals surface area contributed by atoms with E-state index in [0.29, 0.717) is 6.42 Å². The lowest BCUT2D eigenvalue weighted by molar-refractivity contribution is -0.262. The number of carbonyl (C=O) groups excluding carboxylic acids is 8. The van der Waals surface area contributed by atoms with Crippen molar-refractivity contribution in [1.29, 1.82) is 0 Å². The zero-order valence-corrected chi connectivity index (χ0v) is 36.0. The highest BCUT2D eigenvalue weighted by molar-refractivity contribution is 5.95. The Labute approximate surface area is 348 Å². The van der Waals surface area contributed by atoms with Crippen molar-refractivity contribution in [3.05, 3.63) is 35.9 Å². The number of ketones is 1. The molecule has 5 fully saturated rings. The first-order valence-electron chi connectivity index (χ1n) is 20.5. The molecule has 1 heterocycles. The minimum Gasteiger partial charge on any atom is -0.461 e. The van der Waals surface area contributed by atoms with Gasteiger partial charge in [-0.2, -0.15) is 0 Å². The van der Waals surface area contributed by atoms with E-state index in [4.69, 9.17) is 37.9 Å². The SMILES string of the molecule is CCC(C)C(=O)OC1C(=O)C23COC(C)(C(OC(C)=O)C4(OC(C)=O)CC(C)(OC(=O)c5ccccc5)C(OC(=O)C(C)C)C4C2OC(C)=O)C3C2C1CC2(C)OC(C)=O. The van der Waals surface area contributed by atoms with E-state index in [9.17, 15) is 33.6 Å². The number of hydrogen-bond donors (Lipinski definition) is 0. The number of carbonyl (C=O) groups is 8. The Bertz CT molecular complexity index is 1960. The molecule has 1 aliphatic heterocycles. The lowest BCUT2D eigenvalue weighted by Crippen LogP contribution is -2.75. The first-order chi connectivity index (χ1) is 27.9. The van der Waals surface area contributed by atoms with Gasteiger partial charge >= 0.3 is 41.8 Å². The maximum Gasteiger partial charge on any atom is 0.338 e. The molecule has 0 N–H and O–H groups in total. The highest BCUT2D eigenvalue weighted by atomic mass is 16.6. The molecule has 14 unspecified atom stereocenters. The van der Waals surface area contributed by atoms with Crippen LogP contribution >= 0.6 is 0 Å². The Morgan fingerprint density at radius 1 is 0.733 bits per heavy atom. The zero-order valence-electron chi connectivity index (χ0n) is 36.0. The fourth-order valence-corrected chi connectivity index (χ4v) is 11.3. The van der Waals surface area contributed by atoms with Crippen LogP contribution in [0.25, 0.3) is 0 Å². The number of benzene rings is 1. The van der Waals surface area contributed by atoms with Crippen LogP contribution in [0, 0.1) is 40.9 Å². The van der Waals surface area contributed by atoms with Crippen molar-refractivity contribution in [2.45, 2.75) is 142 Å². The summed E-state index contributed by atoms with van der Waals surface area (Å²) in [5.74, 6) is -12.1. The predicted octanol–water partition coefficient (Wildman–Crippen LogP) is 4.26. The van der Waals surface area contributed by atoms with Gasteiger partial charge in [-0.05, 0) is 45.7 Å². The fraction of sp³-hybridized carbons (Fsp3) is 0.682. The summed E-state index contributed by atoms with van der Waals surface area (Å²) in [5.41, 5.74) is -9.28. The van der Waals surface area contributed by atoms with Crippen LogP contribution in [0.15, 0.2) is 30.3 Å². The summed E-state index contributed by atoms with van der Waals surface area (Å²) in [5, 5.41) is 0. The largest absolute Gasteiger partial charge is 0.461 e. The molecular formula is C44H56O16. The van der Waals surface area contributed by atoms with E-state index < -0.39 is 148 Å². The normalized spacial score (nSPS) is 39.0. The third-order valence-corrected chi connectivity index (χ3v) is 13.6. The van der Waals surface area contributed by atoms with E-state index in [0.717, 1.165) is 20.8 Å². The molecule has 2 bridgehead atoms. The second-order valence-corrected chi connectivity index (χ2v) is 18.2. The number of esters is 7. The molecule has 1 saturated heterocycles. The van der Waals surface area contributed by atoms with Crippen molar-refractivity contribution in [2.75, 3.05) is 6.61 Å². The predicted molar refractivity (Wildman–Crippen MR) is 205 cm³/mol. The van der Waals surface area contributed by atoms with Crippen LogP contribution in [0.4, 0.5) is 0 Å². The molecule has 5 aliphatic rings. The molecule has 16 heteroatoms. The Kier molecular flexibility index (Phi) is 11.6. The van der Waals surface area contributed by atoms with Gasteiger partial charge in [-0.25, -0.2) is 4.79 Å². The monoisotopic (exact) mass is 840 g/mol. The number of hydrogen-bond acceptors (Lipinski definition) is 16. The average molecular weight is 841 g/mol. The van der Waals surface area contributed by atoms with Gasteiger partial charge in [0.1, 0.15) is 17.3 Å². The van der Waals surface area contributed by atoms with E-state index in [1.54, 1.807) is 59.7 Å². The first kappa shape index (κ1) is 44.7. The molecule has 6 rings (SSSR count). The fourth-order valence-electron chi connectivity index (χ4n) is 11.3. The maximum atomic E-state index is 15.8. The zero-order chi connectivity index (χ0) is 44.5. The number of fused-ring (bicyclic) bond motifs is 2. The van der Waals surface area contributed by atoms with Crippen LogP contribution in [0.3, 0.4) is 0 Å². The molecular weight excluding hydrogens is 784 g/mol. The molecule has 1 aromatic rings. The molecule has 0 amide bonds. The van der Waals surface area contributed by atoms with Gasteiger partial charge in [0.05, 0.1) is 35.3 Å². The van der Waals surface area contributed by atoms with Crippen molar-refractivity contribution in [1.82, 2.24) is 0 Å². The number of ether oxygens (including phenoxy) is 8. The quantitative estimate of drug-likeness (QED) is 0.225. The Morgan fingerprint density at radius 3 is 1.90 bits per heavy atom. The lowest BCUT2D eigenvalue weighted by Gasteiger charge is -2.64. The molecule has 14 atom stereocenters. The molecule has 60 heavy (non-hydrogen) atoms. The number of rotatable bonds is 11. The summed E-state index contributed by atoms with van der Waals surface area (Å²) in [6, 6.07) is 7.95. The van der Waals surface area contributed by atoms with Crippen LogP contribution in [-0.4, -0.2) is 101 Å². The van der Waals surface area contributed by atoms with Crippen molar-refractivity contribution < 1.29 is 76.3 Å². The summed E-state index contributed by atoms with van der Waals surface area (Å²) < 4.78 is 50.5. The standard InChI is InChI=1S/C44H56O16/c1-12-22(4)37(51)56-31-28-18-40(9,58-25(7)47)29(28)32-42(11)39(55-24(6)46)44(59-26(8)48)19-41(10,60-38(52)27-16-14-13-15-17-27)34(57-36(50)21(2)3)30(44)35(54-23(5)45)43(32,20-53-42)33(31)49/h13-17,21-22,28-32,34-35,39H,12,18-20H2,1-11H3. The van der Waals surface area contributed by atoms with Crippen molar-refractivity contribution in [2.24, 2.45) is 40.9 Å². The van der Waals surface area contributed by atoms with Crippen LogP contribution in [0.5, 0.6) is 0 Å². The third kappa shape index (κ3) is 6.95. The highest BCUT2D eigenvalue weighted by Gasteiger charge is 2.88. The van der Waals surface area contributed by atoms with Crippen molar-refractivity contribution >= 4 is 47.6 Å². The molecule has 328 valence electrons. The molecule has 4 aliphatic carbocycles. The van der Waals surface area contributed by atoms with Crippen molar-refractivity contribution in [3.63, 3.8) is 0 Å². The van der Waals surface area contributed by atoms with E-state index in [1.807, 2.05) is 0 Å². The molecule has 0 aromatic heterocycles. The van der Waals surface area contributed by atoms with Gasteiger partial charge in [-0.15, -0.1) is 0 Å². The van der Waals surface area contributed by atoms with Crippen LogP contribution in [-0.2, 0) is 71.5 Å². The highest BCUT2D eigenvalue weighted by Crippen LogP contribution is 2.73. The number of Topliss-reactive ketones (excluding diaryl/α,β-unsaturated/α-hetero) is 1. The Balaban J connectivity index is 1.71. The third-order valence-electron chi connectivity index (χ3n) is 13.6. The van der Waals surface area contributed by atoms with E-state index in [-0.39, 0.29) is 12.0 Å². The molecule has 16 nitrogen and oxygen atoms in total. The topological polar surface area (TPSA) is 210 Å². The lowest BCUT2D eigenvalue weighted by atomic mass is 9.42. The van der Waals surface area contributed by atoms with Gasteiger partial charge < -0.3 is 37.9 Å². The molecule has 0 spiro atoms. The van der Waals surface area contributed by atoms with Crippen LogP contribution < -0.4 is 0 Å². The Hall–Kier alpha value is -4.86. The van der Waals surface area contributed by atoms with E-state index in [1.165, 1.54) is 26.0 Å². The van der Waals surface area contributed by atoms with Crippen LogP contribution in [0.1, 0.15) is 106 Å². The van der Waals surface area contributed by atoms with Gasteiger partial charge in [-0.3, -0.25) is 33.6 Å². The molecule has 4 saturated carbocycles. The smallest absolute Gasteiger partial charge is 0.338 e. The molecule has 1 aromatic carbocycles. The van der Waals surface area contributed by atoms with Gasteiger partial charge in [0.25, 0.3) is 0 Å². The average Bonchev–Trinajstić information content (AvgIpc) is 3.56. The minimum absolute atomic E-state index is 0.0845. The Morgan fingerprint density at radius 2 is 1.35 bits per heavy atom. The summed E-state index contributed by atoms with van der Waals surface area (Å²) >= 11 is 0. The summed E-state index contributed by atoms with van der Waals surface area (Å²) in [6.07, 6.45) is -6.64. The molecule has 0 radical (unpaired) electrons. The van der Waals surface area contributed by atoms with Gasteiger partial charge in [-0.1, -0.05) is 45.9 Å². The van der Waals surface area contributed by atoms with Crippen LogP contribution in [0.2, 0.25) is 0 Å². The second-order valence-electron chi connectivity index (χ2n) is 18.2. The minimum atomic E-state index is -2.23. The van der Waals surface area contributed by atoms with E-state index in [2.05, 4.69) is 0 Å². The van der Waals surface area contributed by atoms with Gasteiger partial charge in [0.2, 0.25) is 0 Å². The van der Waals surface area contributed by atoms with E-state index >= 15 is 4.79 Å². The summed E-state index contributed by atoms with van der Waals surface area (Å²) in [7, 11) is 0. The first-order valence-corrected chi connectivity index (χ1v) is 20.5. The second kappa shape index (κ2) is 15.6. The van der Waals surface area contributed by atoms with Crippen molar-refractivity contribution in [3.8, 4) is 0 Å². The van der Waals surface area contributed by atoms with Gasteiger partial charge in [0, 0.05) is 51.9 Å². The van der Waals surface area contributed by atoms with Gasteiger partial charge in [0.15, 0.2) is 35.3 Å². The maximum absolute atomic E-state index is 15.8. The summed E-state index contributed by atoms with van der Waals surface area (Å²) in [6.45, 7) is 15.3. The summed E-state index contributed by atoms with van der Waals surface area (Å²) in [4.78, 5) is 111.